The highest BCUT2D eigenvalue weighted by molar-refractivity contribution is 9.10. The predicted molar refractivity (Wildman–Crippen MR) is 72.0 cm³/mol. The van der Waals surface area contributed by atoms with Crippen molar-refractivity contribution >= 4 is 21.9 Å². The van der Waals surface area contributed by atoms with Crippen LogP contribution in [0.3, 0.4) is 0 Å². The van der Waals surface area contributed by atoms with Gasteiger partial charge in [-0.2, -0.15) is 0 Å². The first-order valence-corrected chi connectivity index (χ1v) is 6.51. The number of carboxylic acid groups (broad SMARTS) is 1. The van der Waals surface area contributed by atoms with Gasteiger partial charge in [-0.15, -0.1) is 0 Å². The number of carbonyl (C=O) groups is 1. The lowest BCUT2D eigenvalue weighted by Gasteiger charge is -2.15. The average Bonchev–Trinajstić information content (AvgIpc) is 2.90. The van der Waals surface area contributed by atoms with Crippen molar-refractivity contribution in [3.63, 3.8) is 0 Å². The zero-order valence-corrected chi connectivity index (χ0v) is 11.8. The first-order valence-electron chi connectivity index (χ1n) is 5.71. The number of benzene rings is 1. The highest BCUT2D eigenvalue weighted by Gasteiger charge is 2.19. The van der Waals surface area contributed by atoms with Gasteiger partial charge >= 0.3 is 5.97 Å². The lowest BCUT2D eigenvalue weighted by molar-refractivity contribution is -0.145. The minimum absolute atomic E-state index is 0.379. The molecule has 1 aromatic carbocycles. The summed E-state index contributed by atoms with van der Waals surface area (Å²) >= 11 is 3.36. The van der Waals surface area contributed by atoms with Crippen LogP contribution in [0, 0.1) is 0 Å². The van der Waals surface area contributed by atoms with Crippen LogP contribution in [-0.2, 0) is 4.79 Å². The molecule has 19 heavy (non-hydrogen) atoms. The summed E-state index contributed by atoms with van der Waals surface area (Å²) < 4.78 is 11.2. The van der Waals surface area contributed by atoms with Crippen molar-refractivity contribution in [3.8, 4) is 17.0 Å². The summed E-state index contributed by atoms with van der Waals surface area (Å²) in [5.74, 6) is -0.525. The van der Waals surface area contributed by atoms with Crippen LogP contribution in [-0.4, -0.2) is 22.3 Å². The summed E-state index contributed by atoms with van der Waals surface area (Å²) in [7, 11) is 0. The largest absolute Gasteiger partial charge is 0.479 e. The van der Waals surface area contributed by atoms with Crippen molar-refractivity contribution in [1.29, 1.82) is 0 Å². The van der Waals surface area contributed by atoms with Crippen molar-refractivity contribution in [1.82, 2.24) is 5.16 Å². The molecule has 0 amide bonds. The molecule has 100 valence electrons. The summed E-state index contributed by atoms with van der Waals surface area (Å²) in [6.07, 6.45) is 0.949. The molecule has 0 bridgehead atoms. The fourth-order valence-electron chi connectivity index (χ4n) is 1.62. The van der Waals surface area contributed by atoms with Crippen LogP contribution in [0.15, 0.2) is 39.5 Å². The Balaban J connectivity index is 2.37. The molecule has 0 saturated carbocycles. The van der Waals surface area contributed by atoms with Crippen molar-refractivity contribution in [2.45, 2.75) is 19.4 Å². The Labute approximate surface area is 118 Å². The molecule has 0 spiro atoms. The van der Waals surface area contributed by atoms with Gasteiger partial charge in [-0.1, -0.05) is 28.0 Å². The molecule has 0 aliphatic carbocycles. The second-order valence-electron chi connectivity index (χ2n) is 3.88. The highest BCUT2D eigenvalue weighted by atomic mass is 79.9. The molecule has 1 N–H and O–H groups in total. The number of ether oxygens (including phenoxy) is 1. The molecule has 1 aromatic heterocycles. The monoisotopic (exact) mass is 325 g/mol. The smallest absolute Gasteiger partial charge is 0.344 e. The van der Waals surface area contributed by atoms with E-state index in [9.17, 15) is 4.79 Å². The number of hydrogen-bond donors (Lipinski definition) is 1. The van der Waals surface area contributed by atoms with Crippen molar-refractivity contribution in [2.24, 2.45) is 0 Å². The van der Waals surface area contributed by atoms with E-state index < -0.39 is 12.1 Å². The Morgan fingerprint density at radius 2 is 2.32 bits per heavy atom. The highest BCUT2D eigenvalue weighted by Crippen LogP contribution is 2.32. The van der Waals surface area contributed by atoms with Gasteiger partial charge in [0.25, 0.3) is 0 Å². The fraction of sp³-hybridized carbons (Fsp3) is 0.231. The number of rotatable bonds is 5. The van der Waals surface area contributed by atoms with Crippen molar-refractivity contribution in [3.05, 3.63) is 35.0 Å². The zero-order valence-electron chi connectivity index (χ0n) is 10.2. The number of aromatic nitrogens is 1. The van der Waals surface area contributed by atoms with Crippen LogP contribution in [0.5, 0.6) is 5.75 Å². The third-order valence-electron chi connectivity index (χ3n) is 2.57. The van der Waals surface area contributed by atoms with Crippen LogP contribution < -0.4 is 4.74 Å². The molecule has 1 unspecified atom stereocenters. The molecule has 1 heterocycles. The minimum atomic E-state index is -0.989. The van der Waals surface area contributed by atoms with Gasteiger partial charge in [0.2, 0.25) is 0 Å². The first kappa shape index (κ1) is 13.6. The molecule has 5 nitrogen and oxygen atoms in total. The van der Waals surface area contributed by atoms with E-state index in [2.05, 4.69) is 21.1 Å². The zero-order chi connectivity index (χ0) is 13.8. The van der Waals surface area contributed by atoms with E-state index in [0.717, 1.165) is 4.47 Å². The maximum atomic E-state index is 11.0. The van der Waals surface area contributed by atoms with E-state index in [0.29, 0.717) is 23.4 Å². The quantitative estimate of drug-likeness (QED) is 0.912. The van der Waals surface area contributed by atoms with Gasteiger partial charge in [0.1, 0.15) is 17.7 Å². The van der Waals surface area contributed by atoms with Gasteiger partial charge < -0.3 is 14.4 Å². The van der Waals surface area contributed by atoms with Gasteiger partial charge in [0, 0.05) is 16.1 Å². The van der Waals surface area contributed by atoms with Crippen molar-refractivity contribution in [2.75, 3.05) is 0 Å². The number of hydrogen-bond acceptors (Lipinski definition) is 4. The van der Waals surface area contributed by atoms with E-state index in [1.807, 2.05) is 6.07 Å². The molecule has 2 aromatic rings. The number of nitrogens with zero attached hydrogens (tertiary/aromatic N) is 1. The molecular formula is C13H12BrNO4. The van der Waals surface area contributed by atoms with E-state index in [1.165, 1.54) is 6.26 Å². The van der Waals surface area contributed by atoms with Gasteiger partial charge in [0.15, 0.2) is 6.10 Å². The molecule has 0 radical (unpaired) electrons. The first-order chi connectivity index (χ1) is 9.11. The summed E-state index contributed by atoms with van der Waals surface area (Å²) in [4.78, 5) is 11.0. The topological polar surface area (TPSA) is 72.6 Å². The predicted octanol–water partition coefficient (Wildman–Crippen LogP) is 3.35. The molecule has 2 rings (SSSR count). The van der Waals surface area contributed by atoms with Crippen LogP contribution in [0.2, 0.25) is 0 Å². The van der Waals surface area contributed by atoms with E-state index in [1.54, 1.807) is 25.1 Å². The standard InChI is InChI=1S/C13H12BrNO4/c1-2-11(13(16)17)19-12-4-3-8(14)7-9(12)10-5-6-18-15-10/h3-7,11H,2H2,1H3,(H,16,17). The van der Waals surface area contributed by atoms with Gasteiger partial charge in [-0.05, 0) is 24.6 Å². The Bertz CT molecular complexity index is 568. The normalized spacial score (nSPS) is 12.1. The van der Waals surface area contributed by atoms with Crippen LogP contribution in [0.4, 0.5) is 0 Å². The molecule has 0 aliphatic rings. The third-order valence-corrected chi connectivity index (χ3v) is 3.06. The summed E-state index contributed by atoms with van der Waals surface area (Å²) in [6, 6.07) is 6.99. The molecule has 6 heteroatoms. The van der Waals surface area contributed by atoms with Crippen LogP contribution >= 0.6 is 15.9 Å². The average molecular weight is 326 g/mol. The minimum Gasteiger partial charge on any atom is -0.479 e. The van der Waals surface area contributed by atoms with Crippen LogP contribution in [0.1, 0.15) is 13.3 Å². The maximum absolute atomic E-state index is 11.0. The maximum Gasteiger partial charge on any atom is 0.344 e. The second kappa shape index (κ2) is 5.88. The summed E-state index contributed by atoms with van der Waals surface area (Å²) in [5, 5.41) is 12.9. The Morgan fingerprint density at radius 3 is 2.89 bits per heavy atom. The number of halogens is 1. The van der Waals surface area contributed by atoms with Gasteiger partial charge in [-0.3, -0.25) is 0 Å². The lowest BCUT2D eigenvalue weighted by atomic mass is 10.1. The molecule has 0 aliphatic heterocycles. The summed E-state index contributed by atoms with van der Waals surface area (Å²) in [5.41, 5.74) is 1.28. The van der Waals surface area contributed by atoms with E-state index in [4.69, 9.17) is 14.4 Å². The Kier molecular flexibility index (Phi) is 4.21. The Hall–Kier alpha value is -1.82. The Morgan fingerprint density at radius 1 is 1.53 bits per heavy atom. The molecule has 1 atom stereocenters. The third kappa shape index (κ3) is 3.14. The SMILES string of the molecule is CCC(Oc1ccc(Br)cc1-c1ccon1)C(=O)O. The van der Waals surface area contributed by atoms with E-state index >= 15 is 0 Å². The number of aliphatic carboxylic acids is 1. The fourth-order valence-corrected chi connectivity index (χ4v) is 1.98. The second-order valence-corrected chi connectivity index (χ2v) is 4.79. The van der Waals surface area contributed by atoms with Gasteiger partial charge in [0.05, 0.1) is 0 Å². The van der Waals surface area contributed by atoms with E-state index in [-0.39, 0.29) is 0 Å². The molecular weight excluding hydrogens is 314 g/mol. The van der Waals surface area contributed by atoms with Crippen molar-refractivity contribution < 1.29 is 19.2 Å². The van der Waals surface area contributed by atoms with Gasteiger partial charge in [-0.25, -0.2) is 4.79 Å². The van der Waals surface area contributed by atoms with Crippen LogP contribution in [0.25, 0.3) is 11.3 Å². The molecule has 0 saturated heterocycles. The number of carboxylic acids is 1. The molecule has 0 fully saturated rings. The summed E-state index contributed by atoms with van der Waals surface area (Å²) in [6.45, 7) is 1.76. The lowest BCUT2D eigenvalue weighted by Crippen LogP contribution is -2.26.